The molecule has 9 heteroatoms. The van der Waals surface area contributed by atoms with Crippen LogP contribution in [0.15, 0.2) is 83.8 Å². The monoisotopic (exact) mass is 614 g/mol. The van der Waals surface area contributed by atoms with Crippen molar-refractivity contribution in [3.05, 3.63) is 106 Å². The summed E-state index contributed by atoms with van der Waals surface area (Å²) in [7, 11) is 1.56. The summed E-state index contributed by atoms with van der Waals surface area (Å²) in [6, 6.07) is 23.9. The van der Waals surface area contributed by atoms with Crippen molar-refractivity contribution in [1.82, 2.24) is 0 Å². The fraction of sp³-hybridized carbons (Fsp3) is 0.265. The third kappa shape index (κ3) is 7.29. The number of amides is 2. The number of carbonyl (C=O) groups excluding carboxylic acids is 3. The Hall–Kier alpha value is -4.08. The minimum atomic E-state index is -0.612. The first-order valence-corrected chi connectivity index (χ1v) is 16.0. The molecule has 1 aliphatic carbocycles. The van der Waals surface area contributed by atoms with E-state index in [0.29, 0.717) is 33.5 Å². The van der Waals surface area contributed by atoms with Crippen LogP contribution in [0.1, 0.15) is 62.2 Å². The van der Waals surface area contributed by atoms with E-state index in [9.17, 15) is 14.4 Å². The minimum Gasteiger partial charge on any atom is -0.497 e. The molecule has 4 aromatic rings. The quantitative estimate of drug-likeness (QED) is 0.140. The maximum atomic E-state index is 14.0. The minimum absolute atomic E-state index is 0.237. The Morgan fingerprint density at radius 2 is 1.79 bits per heavy atom. The Balaban J connectivity index is 1.40. The van der Waals surface area contributed by atoms with Crippen molar-refractivity contribution in [1.29, 1.82) is 0 Å². The number of nitrogens with one attached hydrogen (secondary N) is 2. The molecule has 0 saturated carbocycles. The maximum Gasteiger partial charge on any atom is 0.341 e. The van der Waals surface area contributed by atoms with Crippen LogP contribution >= 0.6 is 23.1 Å². The molecule has 1 aromatic heterocycles. The number of esters is 1. The van der Waals surface area contributed by atoms with E-state index in [1.165, 1.54) is 23.1 Å². The van der Waals surface area contributed by atoms with Crippen LogP contribution in [0.4, 0.5) is 10.7 Å². The van der Waals surface area contributed by atoms with E-state index in [1.807, 2.05) is 54.6 Å². The highest BCUT2D eigenvalue weighted by atomic mass is 32.2. The number of anilines is 2. The van der Waals surface area contributed by atoms with Crippen molar-refractivity contribution in [2.45, 2.75) is 43.3 Å². The topological polar surface area (TPSA) is 93.7 Å². The van der Waals surface area contributed by atoms with Gasteiger partial charge in [0.15, 0.2) is 0 Å². The highest BCUT2D eigenvalue weighted by Crippen LogP contribution is 2.42. The number of thiophene rings is 1. The molecule has 1 heterocycles. The fourth-order valence-corrected chi connectivity index (χ4v) is 7.57. The van der Waals surface area contributed by atoms with Crippen molar-refractivity contribution >= 4 is 51.6 Å². The van der Waals surface area contributed by atoms with Crippen LogP contribution < -0.4 is 15.4 Å². The van der Waals surface area contributed by atoms with Crippen LogP contribution in [0.5, 0.6) is 5.75 Å². The molecule has 2 amide bonds. The van der Waals surface area contributed by atoms with Gasteiger partial charge >= 0.3 is 5.97 Å². The summed E-state index contributed by atoms with van der Waals surface area (Å²) in [5.74, 6) is 0.225. The van der Waals surface area contributed by atoms with Crippen molar-refractivity contribution in [3.63, 3.8) is 0 Å². The van der Waals surface area contributed by atoms with Crippen molar-refractivity contribution in [2.75, 3.05) is 24.4 Å². The predicted octanol–water partition coefficient (Wildman–Crippen LogP) is 7.78. The lowest BCUT2D eigenvalue weighted by Crippen LogP contribution is -2.20. The molecule has 7 nitrogen and oxygen atoms in total. The molecule has 0 radical (unpaired) electrons. The zero-order chi connectivity index (χ0) is 30.3. The number of hydrogen-bond acceptors (Lipinski definition) is 7. The maximum absolute atomic E-state index is 14.0. The third-order valence-electron chi connectivity index (χ3n) is 7.25. The number of benzene rings is 3. The lowest BCUT2D eigenvalue weighted by Gasteiger charge is -2.19. The van der Waals surface area contributed by atoms with E-state index in [-0.39, 0.29) is 18.4 Å². The number of hydrogen-bond donors (Lipinski definition) is 2. The molecule has 43 heavy (non-hydrogen) atoms. The lowest BCUT2D eigenvalue weighted by atomic mass is 9.88. The molecule has 3 aromatic carbocycles. The Morgan fingerprint density at radius 1 is 1.00 bits per heavy atom. The second-order valence-electron chi connectivity index (χ2n) is 10.4. The average molecular weight is 615 g/mol. The van der Waals surface area contributed by atoms with E-state index in [2.05, 4.69) is 17.6 Å². The number of ether oxygens (including phenoxy) is 2. The fourth-order valence-electron chi connectivity index (χ4n) is 5.09. The second kappa shape index (κ2) is 13.9. The average Bonchev–Trinajstić information content (AvgIpc) is 3.37. The zero-order valence-electron chi connectivity index (χ0n) is 24.3. The van der Waals surface area contributed by atoms with Gasteiger partial charge in [0.1, 0.15) is 16.0 Å². The highest BCUT2D eigenvalue weighted by Gasteiger charge is 2.31. The summed E-state index contributed by atoms with van der Waals surface area (Å²) in [5, 5.41) is 5.97. The smallest absolute Gasteiger partial charge is 0.341 e. The van der Waals surface area contributed by atoms with Crippen LogP contribution in [0, 0.1) is 5.92 Å². The summed E-state index contributed by atoms with van der Waals surface area (Å²) >= 11 is 2.86. The molecule has 2 atom stereocenters. The largest absolute Gasteiger partial charge is 0.497 e. The summed E-state index contributed by atoms with van der Waals surface area (Å²) in [5.41, 5.74) is 3.39. The number of fused-ring (bicyclic) bond motifs is 1. The van der Waals surface area contributed by atoms with E-state index >= 15 is 0 Å². The van der Waals surface area contributed by atoms with Crippen molar-refractivity contribution in [3.8, 4) is 5.75 Å². The van der Waals surface area contributed by atoms with E-state index in [4.69, 9.17) is 9.47 Å². The van der Waals surface area contributed by atoms with Crippen LogP contribution in [0.3, 0.4) is 0 Å². The van der Waals surface area contributed by atoms with Crippen LogP contribution in [0.2, 0.25) is 0 Å². The van der Waals surface area contributed by atoms with Gasteiger partial charge in [0.25, 0.3) is 5.91 Å². The molecule has 222 valence electrons. The van der Waals surface area contributed by atoms with Crippen molar-refractivity contribution in [2.24, 2.45) is 5.92 Å². The van der Waals surface area contributed by atoms with Gasteiger partial charge in [-0.05, 0) is 79.6 Å². The SMILES string of the molecule is CCOC(=O)c1c(NC(=O)C(Sc2cccc(NC(=O)c3cccc(OC)c3)c2)c2ccccc2)sc2c1CCC(C)C2. The number of thioether (sulfide) groups is 1. The van der Waals surface area contributed by atoms with Crippen LogP contribution in [0.25, 0.3) is 0 Å². The molecular formula is C34H34N2O5S2. The first-order valence-electron chi connectivity index (χ1n) is 14.3. The first-order chi connectivity index (χ1) is 20.9. The lowest BCUT2D eigenvalue weighted by molar-refractivity contribution is -0.115. The van der Waals surface area contributed by atoms with E-state index < -0.39 is 11.2 Å². The molecule has 0 fully saturated rings. The van der Waals surface area contributed by atoms with Gasteiger partial charge in [-0.15, -0.1) is 23.1 Å². The number of methoxy groups -OCH3 is 1. The number of rotatable bonds is 10. The van der Waals surface area contributed by atoms with Crippen LogP contribution in [-0.2, 0) is 22.4 Å². The Bertz CT molecular complexity index is 1620. The third-order valence-corrected chi connectivity index (χ3v) is 9.66. The Labute approximate surface area is 260 Å². The van der Waals surface area contributed by atoms with Gasteiger partial charge in [-0.3, -0.25) is 9.59 Å². The van der Waals surface area contributed by atoms with E-state index in [0.717, 1.165) is 40.2 Å². The van der Waals surface area contributed by atoms with Gasteiger partial charge in [-0.25, -0.2) is 4.79 Å². The molecular weight excluding hydrogens is 581 g/mol. The van der Waals surface area contributed by atoms with Gasteiger partial charge in [-0.1, -0.05) is 49.4 Å². The van der Waals surface area contributed by atoms with Gasteiger partial charge < -0.3 is 20.1 Å². The zero-order valence-corrected chi connectivity index (χ0v) is 26.0. The number of carbonyl (C=O) groups is 3. The molecule has 5 rings (SSSR count). The highest BCUT2D eigenvalue weighted by molar-refractivity contribution is 8.00. The Morgan fingerprint density at radius 3 is 2.56 bits per heavy atom. The standard InChI is InChI=1S/C34H34N2O5S2/c1-4-41-34(39)29-27-17-16-21(2)18-28(27)43-33(29)36-32(38)30(22-10-6-5-7-11-22)42-26-15-9-13-24(20-26)35-31(37)23-12-8-14-25(19-23)40-3/h5-15,19-21,30H,4,16-18H2,1-3H3,(H,35,37)(H,36,38). The van der Waals surface area contributed by atoms with E-state index in [1.54, 1.807) is 38.3 Å². The predicted molar refractivity (Wildman–Crippen MR) is 173 cm³/mol. The van der Waals surface area contributed by atoms with Gasteiger partial charge in [0, 0.05) is 21.0 Å². The molecule has 1 aliphatic rings. The van der Waals surface area contributed by atoms with Crippen LogP contribution in [-0.4, -0.2) is 31.5 Å². The molecule has 0 bridgehead atoms. The summed E-state index contributed by atoms with van der Waals surface area (Å²) in [6.07, 6.45) is 2.67. The first kappa shape index (κ1) is 30.4. The summed E-state index contributed by atoms with van der Waals surface area (Å²) in [6.45, 7) is 4.26. The molecule has 0 aliphatic heterocycles. The molecule has 0 saturated heterocycles. The molecule has 2 unspecified atom stereocenters. The molecule has 2 N–H and O–H groups in total. The van der Waals surface area contributed by atoms with Gasteiger partial charge in [-0.2, -0.15) is 0 Å². The van der Waals surface area contributed by atoms with Crippen molar-refractivity contribution < 1.29 is 23.9 Å². The Kier molecular flexibility index (Phi) is 9.84. The molecule has 0 spiro atoms. The summed E-state index contributed by atoms with van der Waals surface area (Å²) in [4.78, 5) is 41.9. The van der Waals surface area contributed by atoms with Gasteiger partial charge in [0.2, 0.25) is 5.91 Å². The normalized spacial score (nSPS) is 14.7. The second-order valence-corrected chi connectivity index (χ2v) is 12.7. The van der Waals surface area contributed by atoms with Gasteiger partial charge in [0.05, 0.1) is 19.3 Å². The summed E-state index contributed by atoms with van der Waals surface area (Å²) < 4.78 is 10.6.